The van der Waals surface area contributed by atoms with E-state index in [9.17, 15) is 0 Å². The summed E-state index contributed by atoms with van der Waals surface area (Å²) in [5.41, 5.74) is 1.71. The number of anilines is 1. The van der Waals surface area contributed by atoms with Gasteiger partial charge in [0.25, 0.3) is 0 Å². The highest BCUT2D eigenvalue weighted by atomic mass is 16.5. The van der Waals surface area contributed by atoms with E-state index in [1.165, 1.54) is 0 Å². The minimum atomic E-state index is 0.00596. The molecule has 0 amide bonds. The van der Waals surface area contributed by atoms with Crippen molar-refractivity contribution >= 4 is 5.69 Å². The molecule has 2 aromatic rings. The van der Waals surface area contributed by atoms with Gasteiger partial charge in [-0.05, 0) is 17.7 Å². The Labute approximate surface area is 99.9 Å². The van der Waals surface area contributed by atoms with Crippen LogP contribution < -0.4 is 10.1 Å². The second-order valence-electron chi connectivity index (χ2n) is 3.57. The number of hydrogen-bond acceptors (Lipinski definition) is 4. The zero-order valence-electron chi connectivity index (χ0n) is 9.55. The Balaban J connectivity index is 2.18. The number of nitrogens with one attached hydrogen (secondary N) is 1. The van der Waals surface area contributed by atoms with Gasteiger partial charge >= 0.3 is 0 Å². The Kier molecular flexibility index (Phi) is 3.57. The standard InChI is InChI=1S/C13H14N2O2/c1-14-11-6-13(8-15-7-11)17-12-4-2-3-10(5-12)9-16/h2-8,14,16H,9H2,1H3. The minimum absolute atomic E-state index is 0.00596. The Bertz CT molecular complexity index is 455. The smallest absolute Gasteiger partial charge is 0.147 e. The van der Waals surface area contributed by atoms with E-state index in [1.807, 2.05) is 31.3 Å². The third-order valence-electron chi connectivity index (χ3n) is 2.32. The van der Waals surface area contributed by atoms with Crippen LogP contribution in [0.25, 0.3) is 0 Å². The third kappa shape index (κ3) is 2.95. The van der Waals surface area contributed by atoms with Gasteiger partial charge in [-0.1, -0.05) is 12.1 Å². The van der Waals surface area contributed by atoms with Gasteiger partial charge in [-0.25, -0.2) is 0 Å². The molecule has 0 bridgehead atoms. The number of hydrogen-bond donors (Lipinski definition) is 2. The van der Waals surface area contributed by atoms with Crippen LogP contribution in [0.15, 0.2) is 42.7 Å². The van der Waals surface area contributed by atoms with Crippen molar-refractivity contribution in [3.8, 4) is 11.5 Å². The summed E-state index contributed by atoms with van der Waals surface area (Å²) in [6.07, 6.45) is 3.36. The fourth-order valence-electron chi connectivity index (χ4n) is 1.45. The first-order chi connectivity index (χ1) is 8.31. The van der Waals surface area contributed by atoms with Crippen LogP contribution >= 0.6 is 0 Å². The summed E-state index contributed by atoms with van der Waals surface area (Å²) < 4.78 is 5.65. The molecule has 17 heavy (non-hydrogen) atoms. The van der Waals surface area contributed by atoms with E-state index in [2.05, 4.69) is 10.3 Å². The van der Waals surface area contributed by atoms with Crippen molar-refractivity contribution in [2.45, 2.75) is 6.61 Å². The summed E-state index contributed by atoms with van der Waals surface area (Å²) in [6.45, 7) is 0.00596. The van der Waals surface area contributed by atoms with Crippen LogP contribution in [0.2, 0.25) is 0 Å². The Morgan fingerprint density at radius 1 is 1.24 bits per heavy atom. The van der Waals surface area contributed by atoms with Crippen molar-refractivity contribution in [3.63, 3.8) is 0 Å². The molecule has 0 atom stereocenters. The van der Waals surface area contributed by atoms with E-state index >= 15 is 0 Å². The lowest BCUT2D eigenvalue weighted by molar-refractivity contribution is 0.281. The molecular weight excluding hydrogens is 216 g/mol. The van der Waals surface area contributed by atoms with Crippen molar-refractivity contribution in [3.05, 3.63) is 48.3 Å². The second kappa shape index (κ2) is 5.32. The molecule has 0 saturated heterocycles. The maximum Gasteiger partial charge on any atom is 0.147 e. The number of aliphatic hydroxyl groups is 1. The van der Waals surface area contributed by atoms with Crippen molar-refractivity contribution in [1.82, 2.24) is 4.98 Å². The van der Waals surface area contributed by atoms with Crippen LogP contribution in [-0.2, 0) is 6.61 Å². The minimum Gasteiger partial charge on any atom is -0.456 e. The third-order valence-corrected chi connectivity index (χ3v) is 2.32. The average molecular weight is 230 g/mol. The largest absolute Gasteiger partial charge is 0.456 e. The predicted octanol–water partition coefficient (Wildman–Crippen LogP) is 2.41. The summed E-state index contributed by atoms with van der Waals surface area (Å²) in [6, 6.07) is 9.18. The molecule has 2 N–H and O–H groups in total. The van der Waals surface area contributed by atoms with Crippen LogP contribution in [0.4, 0.5) is 5.69 Å². The quantitative estimate of drug-likeness (QED) is 0.846. The summed E-state index contributed by atoms with van der Waals surface area (Å²) in [5, 5.41) is 12.0. The van der Waals surface area contributed by atoms with Crippen LogP contribution in [0.3, 0.4) is 0 Å². The lowest BCUT2D eigenvalue weighted by Gasteiger charge is -2.07. The molecule has 88 valence electrons. The van der Waals surface area contributed by atoms with Crippen LogP contribution in [0.5, 0.6) is 11.5 Å². The maximum atomic E-state index is 9.03. The highest BCUT2D eigenvalue weighted by molar-refractivity contribution is 5.45. The van der Waals surface area contributed by atoms with Gasteiger partial charge in [0.1, 0.15) is 11.5 Å². The molecule has 1 heterocycles. The van der Waals surface area contributed by atoms with E-state index in [0.29, 0.717) is 11.5 Å². The first-order valence-electron chi connectivity index (χ1n) is 5.32. The predicted molar refractivity (Wildman–Crippen MR) is 66.2 cm³/mol. The molecule has 4 nitrogen and oxygen atoms in total. The van der Waals surface area contributed by atoms with Gasteiger partial charge in [0.15, 0.2) is 0 Å². The number of pyridine rings is 1. The van der Waals surface area contributed by atoms with Crippen LogP contribution in [-0.4, -0.2) is 17.1 Å². The molecule has 0 aliphatic rings. The zero-order chi connectivity index (χ0) is 12.1. The molecule has 0 saturated carbocycles. The van der Waals surface area contributed by atoms with Gasteiger partial charge in [0.05, 0.1) is 24.7 Å². The SMILES string of the molecule is CNc1cncc(Oc2cccc(CO)c2)c1. The Hall–Kier alpha value is -2.07. The molecule has 2 rings (SSSR count). The van der Waals surface area contributed by atoms with Gasteiger partial charge in [-0.2, -0.15) is 0 Å². The molecule has 0 radical (unpaired) electrons. The van der Waals surface area contributed by atoms with Crippen molar-refractivity contribution in [2.75, 3.05) is 12.4 Å². The number of rotatable bonds is 4. The Morgan fingerprint density at radius 2 is 2.12 bits per heavy atom. The number of aliphatic hydroxyl groups excluding tert-OH is 1. The van der Waals surface area contributed by atoms with E-state index in [4.69, 9.17) is 9.84 Å². The lowest BCUT2D eigenvalue weighted by Crippen LogP contribution is -1.91. The van der Waals surface area contributed by atoms with Gasteiger partial charge in [-0.3, -0.25) is 4.98 Å². The van der Waals surface area contributed by atoms with Crippen LogP contribution in [0, 0.1) is 0 Å². The Morgan fingerprint density at radius 3 is 2.88 bits per heavy atom. The number of aromatic nitrogens is 1. The molecule has 0 unspecified atom stereocenters. The number of ether oxygens (including phenoxy) is 1. The summed E-state index contributed by atoms with van der Waals surface area (Å²) >= 11 is 0. The van der Waals surface area contributed by atoms with Gasteiger partial charge in [-0.15, -0.1) is 0 Å². The summed E-state index contributed by atoms with van der Waals surface area (Å²) in [5.74, 6) is 1.35. The first-order valence-corrected chi connectivity index (χ1v) is 5.32. The van der Waals surface area contributed by atoms with Crippen molar-refractivity contribution < 1.29 is 9.84 Å². The molecule has 1 aromatic heterocycles. The maximum absolute atomic E-state index is 9.03. The molecule has 1 aromatic carbocycles. The molecule has 0 fully saturated rings. The molecular formula is C13H14N2O2. The van der Waals surface area contributed by atoms with Gasteiger partial charge in [0, 0.05) is 13.1 Å². The average Bonchev–Trinajstić information content (AvgIpc) is 2.39. The molecule has 0 spiro atoms. The lowest BCUT2D eigenvalue weighted by atomic mass is 10.2. The first kappa shape index (κ1) is 11.4. The second-order valence-corrected chi connectivity index (χ2v) is 3.57. The normalized spacial score (nSPS) is 10.0. The van der Waals surface area contributed by atoms with Crippen LogP contribution in [0.1, 0.15) is 5.56 Å². The fraction of sp³-hybridized carbons (Fsp3) is 0.154. The molecule has 0 aliphatic heterocycles. The number of nitrogens with zero attached hydrogens (tertiary/aromatic N) is 1. The topological polar surface area (TPSA) is 54.4 Å². The zero-order valence-corrected chi connectivity index (χ0v) is 9.55. The molecule has 0 aliphatic carbocycles. The van der Waals surface area contributed by atoms with Crippen molar-refractivity contribution in [2.24, 2.45) is 0 Å². The van der Waals surface area contributed by atoms with E-state index in [1.54, 1.807) is 18.5 Å². The highest BCUT2D eigenvalue weighted by Gasteiger charge is 2.00. The van der Waals surface area contributed by atoms with E-state index in [-0.39, 0.29) is 6.61 Å². The summed E-state index contributed by atoms with van der Waals surface area (Å²) in [4.78, 5) is 4.06. The summed E-state index contributed by atoms with van der Waals surface area (Å²) in [7, 11) is 1.83. The van der Waals surface area contributed by atoms with Gasteiger partial charge in [0.2, 0.25) is 0 Å². The monoisotopic (exact) mass is 230 g/mol. The van der Waals surface area contributed by atoms with Gasteiger partial charge < -0.3 is 15.2 Å². The van der Waals surface area contributed by atoms with Crippen molar-refractivity contribution in [1.29, 1.82) is 0 Å². The molecule has 4 heteroatoms. The van der Waals surface area contributed by atoms with E-state index < -0.39 is 0 Å². The highest BCUT2D eigenvalue weighted by Crippen LogP contribution is 2.23. The number of benzene rings is 1. The van der Waals surface area contributed by atoms with E-state index in [0.717, 1.165) is 11.3 Å². The fourth-order valence-corrected chi connectivity index (χ4v) is 1.45.